The lowest BCUT2D eigenvalue weighted by Gasteiger charge is -2.10. The van der Waals surface area contributed by atoms with Crippen LogP contribution >= 0.6 is 0 Å². The molecule has 2 fully saturated rings. The van der Waals surface area contributed by atoms with Crippen LogP contribution in [0.4, 0.5) is 5.95 Å². The van der Waals surface area contributed by atoms with E-state index in [1.54, 1.807) is 0 Å². The second-order valence-electron chi connectivity index (χ2n) is 5.39. The lowest BCUT2D eigenvalue weighted by atomic mass is 10.1. The first-order valence-corrected chi connectivity index (χ1v) is 6.38. The molecule has 1 heterocycles. The number of anilines is 1. The highest BCUT2D eigenvalue weighted by Crippen LogP contribution is 2.40. The summed E-state index contributed by atoms with van der Waals surface area (Å²) >= 11 is 0. The van der Waals surface area contributed by atoms with Gasteiger partial charge in [-0.3, -0.25) is 0 Å². The highest BCUT2D eigenvalue weighted by molar-refractivity contribution is 5.34. The normalized spacial score (nSPS) is 20.2. The maximum atomic E-state index is 4.64. The van der Waals surface area contributed by atoms with Crippen molar-refractivity contribution in [3.05, 3.63) is 17.5 Å². The quantitative estimate of drug-likeness (QED) is 0.842. The Morgan fingerprint density at radius 2 is 1.94 bits per heavy atom. The van der Waals surface area contributed by atoms with Crippen LogP contribution in [-0.4, -0.2) is 16.0 Å². The van der Waals surface area contributed by atoms with Crippen LogP contribution in [0.2, 0.25) is 0 Å². The van der Waals surface area contributed by atoms with Gasteiger partial charge in [-0.15, -0.1) is 0 Å². The van der Waals surface area contributed by atoms with Gasteiger partial charge in [0.15, 0.2) is 0 Å². The van der Waals surface area contributed by atoms with E-state index in [0.29, 0.717) is 17.9 Å². The van der Waals surface area contributed by atoms with E-state index >= 15 is 0 Å². The van der Waals surface area contributed by atoms with Gasteiger partial charge in [0.25, 0.3) is 0 Å². The molecule has 0 spiro atoms. The van der Waals surface area contributed by atoms with Crippen molar-refractivity contribution in [2.45, 2.75) is 57.4 Å². The van der Waals surface area contributed by atoms with Crippen LogP contribution in [0.15, 0.2) is 6.07 Å². The number of nitrogens with one attached hydrogen (secondary N) is 1. The summed E-state index contributed by atoms with van der Waals surface area (Å²) in [5, 5.41) is 3.41. The van der Waals surface area contributed by atoms with Crippen molar-refractivity contribution in [3.63, 3.8) is 0 Å². The molecule has 3 heteroatoms. The third kappa shape index (κ3) is 2.18. The number of aromatic nitrogens is 2. The van der Waals surface area contributed by atoms with E-state index in [2.05, 4.69) is 35.2 Å². The van der Waals surface area contributed by atoms with Gasteiger partial charge >= 0.3 is 0 Å². The number of rotatable bonds is 4. The summed E-state index contributed by atoms with van der Waals surface area (Å²) in [5.41, 5.74) is 2.43. The van der Waals surface area contributed by atoms with Crippen molar-refractivity contribution in [3.8, 4) is 0 Å². The number of hydrogen-bond acceptors (Lipinski definition) is 3. The predicted octanol–water partition coefficient (Wildman–Crippen LogP) is 3.05. The highest BCUT2D eigenvalue weighted by atomic mass is 15.1. The van der Waals surface area contributed by atoms with Gasteiger partial charge < -0.3 is 5.32 Å². The van der Waals surface area contributed by atoms with Crippen LogP contribution < -0.4 is 5.32 Å². The zero-order valence-electron chi connectivity index (χ0n) is 10.0. The Labute approximate surface area is 96.7 Å². The zero-order valence-corrected chi connectivity index (χ0v) is 10.0. The molecular formula is C13H19N3. The average molecular weight is 217 g/mol. The molecule has 1 aromatic heterocycles. The Hall–Kier alpha value is -1.12. The van der Waals surface area contributed by atoms with Gasteiger partial charge in [0.1, 0.15) is 0 Å². The molecule has 0 amide bonds. The number of nitrogens with zero attached hydrogens (tertiary/aromatic N) is 2. The number of hydrogen-bond donors (Lipinski definition) is 1. The predicted molar refractivity (Wildman–Crippen MR) is 64.7 cm³/mol. The molecule has 2 aliphatic carbocycles. The summed E-state index contributed by atoms with van der Waals surface area (Å²) in [6.45, 7) is 4.39. The highest BCUT2D eigenvalue weighted by Gasteiger charge is 2.28. The van der Waals surface area contributed by atoms with Crippen LogP contribution in [0.1, 0.15) is 62.8 Å². The van der Waals surface area contributed by atoms with Gasteiger partial charge in [0, 0.05) is 23.3 Å². The van der Waals surface area contributed by atoms with Gasteiger partial charge in [-0.05, 0) is 37.7 Å². The SMILES string of the molecule is CC(C)c1cc(C2CC2)nc(NC2CC2)n1. The molecule has 3 nitrogen and oxygen atoms in total. The Morgan fingerprint density at radius 3 is 2.50 bits per heavy atom. The van der Waals surface area contributed by atoms with E-state index in [-0.39, 0.29) is 0 Å². The van der Waals surface area contributed by atoms with E-state index < -0.39 is 0 Å². The van der Waals surface area contributed by atoms with Gasteiger partial charge in [0.2, 0.25) is 5.95 Å². The molecule has 0 aliphatic heterocycles. The molecule has 2 saturated carbocycles. The van der Waals surface area contributed by atoms with E-state index in [9.17, 15) is 0 Å². The maximum Gasteiger partial charge on any atom is 0.223 e. The molecule has 0 aromatic carbocycles. The third-order valence-corrected chi connectivity index (χ3v) is 3.26. The molecule has 0 unspecified atom stereocenters. The third-order valence-electron chi connectivity index (χ3n) is 3.26. The molecule has 16 heavy (non-hydrogen) atoms. The van der Waals surface area contributed by atoms with Crippen molar-refractivity contribution in [2.75, 3.05) is 5.32 Å². The van der Waals surface area contributed by atoms with Crippen LogP contribution in [0.3, 0.4) is 0 Å². The first-order chi connectivity index (χ1) is 7.72. The van der Waals surface area contributed by atoms with Crippen LogP contribution in [-0.2, 0) is 0 Å². The van der Waals surface area contributed by atoms with Gasteiger partial charge in [0.05, 0.1) is 0 Å². The molecule has 2 aliphatic rings. The average Bonchev–Trinajstić information content (AvgIpc) is 3.11. The lowest BCUT2D eigenvalue weighted by Crippen LogP contribution is -2.09. The fraction of sp³-hybridized carbons (Fsp3) is 0.692. The maximum absolute atomic E-state index is 4.64. The van der Waals surface area contributed by atoms with Crippen LogP contribution in [0.25, 0.3) is 0 Å². The minimum Gasteiger partial charge on any atom is -0.351 e. The van der Waals surface area contributed by atoms with E-state index in [1.165, 1.54) is 37.1 Å². The Kier molecular flexibility index (Phi) is 2.34. The molecular weight excluding hydrogens is 198 g/mol. The van der Waals surface area contributed by atoms with E-state index in [1.807, 2.05) is 0 Å². The van der Waals surface area contributed by atoms with Crippen molar-refractivity contribution in [1.29, 1.82) is 0 Å². The minimum absolute atomic E-state index is 0.486. The van der Waals surface area contributed by atoms with E-state index in [0.717, 1.165) is 5.95 Å². The smallest absolute Gasteiger partial charge is 0.223 e. The fourth-order valence-corrected chi connectivity index (χ4v) is 1.84. The molecule has 1 aromatic rings. The monoisotopic (exact) mass is 217 g/mol. The molecule has 0 saturated heterocycles. The standard InChI is InChI=1S/C13H19N3/c1-8(2)11-7-12(9-3-4-9)16-13(15-11)14-10-5-6-10/h7-10H,3-6H2,1-2H3,(H,14,15,16). The first-order valence-electron chi connectivity index (χ1n) is 6.38. The summed E-state index contributed by atoms with van der Waals surface area (Å²) < 4.78 is 0. The van der Waals surface area contributed by atoms with Gasteiger partial charge in [-0.25, -0.2) is 9.97 Å². The van der Waals surface area contributed by atoms with Crippen LogP contribution in [0, 0.1) is 0 Å². The lowest BCUT2D eigenvalue weighted by molar-refractivity contribution is 0.800. The molecule has 3 rings (SSSR count). The summed E-state index contributed by atoms with van der Waals surface area (Å²) in [6.07, 6.45) is 5.15. The summed E-state index contributed by atoms with van der Waals surface area (Å²) in [4.78, 5) is 9.24. The molecule has 86 valence electrons. The largest absolute Gasteiger partial charge is 0.351 e. The van der Waals surface area contributed by atoms with Gasteiger partial charge in [-0.1, -0.05) is 13.8 Å². The topological polar surface area (TPSA) is 37.8 Å². The molecule has 0 bridgehead atoms. The summed E-state index contributed by atoms with van der Waals surface area (Å²) in [6, 6.07) is 2.83. The second-order valence-corrected chi connectivity index (χ2v) is 5.39. The zero-order chi connectivity index (χ0) is 11.1. The second kappa shape index (κ2) is 3.72. The Balaban J connectivity index is 1.89. The van der Waals surface area contributed by atoms with Crippen molar-refractivity contribution < 1.29 is 0 Å². The van der Waals surface area contributed by atoms with Crippen molar-refractivity contribution in [2.24, 2.45) is 0 Å². The van der Waals surface area contributed by atoms with Crippen molar-refractivity contribution >= 4 is 5.95 Å². The molecule has 1 N–H and O–H groups in total. The fourth-order valence-electron chi connectivity index (χ4n) is 1.84. The van der Waals surface area contributed by atoms with E-state index in [4.69, 9.17) is 0 Å². The first kappa shape index (κ1) is 10.1. The molecule has 0 atom stereocenters. The van der Waals surface area contributed by atoms with Gasteiger partial charge in [-0.2, -0.15) is 0 Å². The van der Waals surface area contributed by atoms with Crippen molar-refractivity contribution in [1.82, 2.24) is 9.97 Å². The summed E-state index contributed by atoms with van der Waals surface area (Å²) in [5.74, 6) is 2.05. The Morgan fingerprint density at radius 1 is 1.19 bits per heavy atom. The Bertz CT molecular complexity index is 372. The van der Waals surface area contributed by atoms with Crippen LogP contribution in [0.5, 0.6) is 0 Å². The minimum atomic E-state index is 0.486. The summed E-state index contributed by atoms with van der Waals surface area (Å²) in [7, 11) is 0. The molecule has 0 radical (unpaired) electrons.